The normalized spacial score (nSPS) is 12.0. The molecule has 0 fully saturated rings. The molecule has 0 aliphatic heterocycles. The number of hydrogen-bond acceptors (Lipinski definition) is 2. The lowest BCUT2D eigenvalue weighted by atomic mass is 9.83. The molecule has 1 amide bonds. The molecule has 1 atom stereocenters. The quantitative estimate of drug-likeness (QED) is 0.747. The standard InChI is InChI=1S/C22H27NO2.C2H6/c1-16(24)21(23-19(25)15-22(2,3)4)20(17-11-7-5-8-12-17)18-13-9-6-10-14-18;1-2/h5-14,20-21H,15H2,1-4H3,(H,23,25);1-2H3/t21-;/m0./s1. The number of rotatable bonds is 6. The van der Waals surface area contributed by atoms with Gasteiger partial charge in [-0.1, -0.05) is 95.3 Å². The lowest BCUT2D eigenvalue weighted by Gasteiger charge is -2.28. The number of ketones is 1. The van der Waals surface area contributed by atoms with Crippen LogP contribution in [0.2, 0.25) is 0 Å². The summed E-state index contributed by atoms with van der Waals surface area (Å²) in [5.74, 6) is -0.339. The first kappa shape index (κ1) is 22.6. The second kappa shape index (κ2) is 10.7. The molecule has 3 nitrogen and oxygen atoms in total. The van der Waals surface area contributed by atoms with Crippen LogP contribution in [-0.4, -0.2) is 17.7 Å². The van der Waals surface area contributed by atoms with Crippen molar-refractivity contribution in [1.82, 2.24) is 5.32 Å². The SMILES string of the molecule is CC.CC(=O)[C@H](NC(=O)CC(C)(C)C)C(c1ccccc1)c1ccccc1. The maximum Gasteiger partial charge on any atom is 0.221 e. The number of Topliss-reactive ketones (excluding diaryl/α,β-unsaturated/α-hetero) is 1. The fraction of sp³-hybridized carbons (Fsp3) is 0.417. The van der Waals surface area contributed by atoms with Crippen molar-refractivity contribution in [2.75, 3.05) is 0 Å². The molecular weight excluding hydrogens is 334 g/mol. The van der Waals surface area contributed by atoms with E-state index in [2.05, 4.69) is 5.32 Å². The van der Waals surface area contributed by atoms with Crippen LogP contribution in [0.3, 0.4) is 0 Å². The van der Waals surface area contributed by atoms with E-state index in [0.717, 1.165) is 11.1 Å². The van der Waals surface area contributed by atoms with Gasteiger partial charge in [-0.3, -0.25) is 9.59 Å². The van der Waals surface area contributed by atoms with Gasteiger partial charge in [-0.2, -0.15) is 0 Å². The van der Waals surface area contributed by atoms with E-state index in [9.17, 15) is 9.59 Å². The van der Waals surface area contributed by atoms with Crippen molar-refractivity contribution in [2.45, 2.75) is 59.9 Å². The highest BCUT2D eigenvalue weighted by Gasteiger charge is 2.30. The predicted molar refractivity (Wildman–Crippen MR) is 113 cm³/mol. The van der Waals surface area contributed by atoms with Gasteiger partial charge in [0.05, 0.1) is 6.04 Å². The van der Waals surface area contributed by atoms with Crippen LogP contribution < -0.4 is 5.32 Å². The van der Waals surface area contributed by atoms with Crippen molar-refractivity contribution in [3.63, 3.8) is 0 Å². The Labute approximate surface area is 164 Å². The maximum atomic E-state index is 12.5. The summed E-state index contributed by atoms with van der Waals surface area (Å²) in [6, 6.07) is 19.2. The highest BCUT2D eigenvalue weighted by atomic mass is 16.2. The van der Waals surface area contributed by atoms with E-state index in [0.29, 0.717) is 6.42 Å². The van der Waals surface area contributed by atoms with Crippen LogP contribution >= 0.6 is 0 Å². The van der Waals surface area contributed by atoms with Crippen LogP contribution in [0, 0.1) is 5.41 Å². The van der Waals surface area contributed by atoms with Gasteiger partial charge in [0.2, 0.25) is 5.91 Å². The second-order valence-corrected chi connectivity index (χ2v) is 7.69. The summed E-state index contributed by atoms with van der Waals surface area (Å²) in [4.78, 5) is 24.9. The Morgan fingerprint density at radius 1 is 0.852 bits per heavy atom. The lowest BCUT2D eigenvalue weighted by molar-refractivity contribution is -0.128. The van der Waals surface area contributed by atoms with Crippen molar-refractivity contribution in [3.8, 4) is 0 Å². The molecule has 2 aromatic rings. The maximum absolute atomic E-state index is 12.5. The van der Waals surface area contributed by atoms with Gasteiger partial charge in [0.1, 0.15) is 0 Å². The summed E-state index contributed by atoms with van der Waals surface area (Å²) >= 11 is 0. The van der Waals surface area contributed by atoms with Crippen LogP contribution in [-0.2, 0) is 9.59 Å². The largest absolute Gasteiger partial charge is 0.345 e. The minimum absolute atomic E-state index is 0.0417. The molecule has 0 spiro atoms. The van der Waals surface area contributed by atoms with Crippen molar-refractivity contribution in [1.29, 1.82) is 0 Å². The molecule has 0 saturated carbocycles. The first-order chi connectivity index (χ1) is 12.8. The van der Waals surface area contributed by atoms with Gasteiger partial charge in [0.25, 0.3) is 0 Å². The molecule has 2 rings (SSSR count). The highest BCUT2D eigenvalue weighted by Crippen LogP contribution is 2.29. The smallest absolute Gasteiger partial charge is 0.221 e. The van der Waals surface area contributed by atoms with Crippen molar-refractivity contribution in [2.24, 2.45) is 5.41 Å². The topological polar surface area (TPSA) is 46.2 Å². The number of amides is 1. The van der Waals surface area contributed by atoms with Crippen LogP contribution in [0.1, 0.15) is 65.0 Å². The average molecular weight is 368 g/mol. The number of benzene rings is 2. The third-order valence-electron chi connectivity index (χ3n) is 4.10. The summed E-state index contributed by atoms with van der Waals surface area (Å²) in [6.45, 7) is 11.6. The van der Waals surface area contributed by atoms with E-state index >= 15 is 0 Å². The molecule has 3 heteroatoms. The fourth-order valence-electron chi connectivity index (χ4n) is 3.02. The van der Waals surface area contributed by atoms with Gasteiger partial charge < -0.3 is 5.32 Å². The summed E-state index contributed by atoms with van der Waals surface area (Å²) in [7, 11) is 0. The molecule has 0 saturated heterocycles. The minimum Gasteiger partial charge on any atom is -0.345 e. The summed E-state index contributed by atoms with van der Waals surface area (Å²) in [5.41, 5.74) is 1.91. The van der Waals surface area contributed by atoms with Crippen molar-refractivity contribution in [3.05, 3.63) is 71.8 Å². The Bertz CT molecular complexity index is 663. The van der Waals surface area contributed by atoms with E-state index in [1.807, 2.05) is 95.3 Å². The Morgan fingerprint density at radius 3 is 1.59 bits per heavy atom. The van der Waals surface area contributed by atoms with Gasteiger partial charge in [0, 0.05) is 12.3 Å². The van der Waals surface area contributed by atoms with E-state index in [1.54, 1.807) is 6.92 Å². The molecule has 27 heavy (non-hydrogen) atoms. The summed E-state index contributed by atoms with van der Waals surface area (Å²) in [5, 5.41) is 2.98. The van der Waals surface area contributed by atoms with Crippen LogP contribution in [0.25, 0.3) is 0 Å². The van der Waals surface area contributed by atoms with E-state index in [1.165, 1.54) is 0 Å². The first-order valence-corrected chi connectivity index (χ1v) is 9.67. The van der Waals surface area contributed by atoms with E-state index in [-0.39, 0.29) is 23.0 Å². The third-order valence-corrected chi connectivity index (χ3v) is 4.10. The molecule has 2 aromatic carbocycles. The van der Waals surface area contributed by atoms with Crippen LogP contribution in [0.4, 0.5) is 0 Å². The van der Waals surface area contributed by atoms with Crippen molar-refractivity contribution >= 4 is 11.7 Å². The Hall–Kier alpha value is -2.42. The number of carbonyl (C=O) groups is 2. The first-order valence-electron chi connectivity index (χ1n) is 9.67. The number of carbonyl (C=O) groups excluding carboxylic acids is 2. The molecule has 0 radical (unpaired) electrons. The third kappa shape index (κ3) is 7.38. The summed E-state index contributed by atoms with van der Waals surface area (Å²) < 4.78 is 0. The average Bonchev–Trinajstić information content (AvgIpc) is 2.63. The zero-order chi connectivity index (χ0) is 20.4. The van der Waals surface area contributed by atoms with Gasteiger partial charge in [0.15, 0.2) is 5.78 Å². The van der Waals surface area contributed by atoms with Gasteiger partial charge in [-0.15, -0.1) is 0 Å². The lowest BCUT2D eigenvalue weighted by Crippen LogP contribution is -2.45. The zero-order valence-corrected chi connectivity index (χ0v) is 17.5. The van der Waals surface area contributed by atoms with Crippen LogP contribution in [0.5, 0.6) is 0 Å². The second-order valence-electron chi connectivity index (χ2n) is 7.69. The molecule has 0 aliphatic rings. The molecule has 146 valence electrons. The minimum atomic E-state index is -0.584. The van der Waals surface area contributed by atoms with E-state index < -0.39 is 6.04 Å². The number of nitrogens with one attached hydrogen (secondary N) is 1. The molecule has 0 bridgehead atoms. The van der Waals surface area contributed by atoms with Gasteiger partial charge in [-0.05, 0) is 23.5 Å². The van der Waals surface area contributed by atoms with Crippen LogP contribution in [0.15, 0.2) is 60.7 Å². The van der Waals surface area contributed by atoms with Gasteiger partial charge >= 0.3 is 0 Å². The highest BCUT2D eigenvalue weighted by molar-refractivity contribution is 5.89. The monoisotopic (exact) mass is 367 g/mol. The number of hydrogen-bond donors (Lipinski definition) is 1. The summed E-state index contributed by atoms with van der Waals surface area (Å²) in [6.07, 6.45) is 0.382. The Balaban J connectivity index is 0.00000176. The Kier molecular flexibility index (Phi) is 8.93. The van der Waals surface area contributed by atoms with E-state index in [4.69, 9.17) is 0 Å². The Morgan fingerprint density at radius 2 is 1.26 bits per heavy atom. The molecule has 1 N–H and O–H groups in total. The molecule has 0 unspecified atom stereocenters. The van der Waals surface area contributed by atoms with Crippen molar-refractivity contribution < 1.29 is 9.59 Å². The predicted octanol–water partition coefficient (Wildman–Crippen LogP) is 5.35. The molecular formula is C24H33NO2. The fourth-order valence-corrected chi connectivity index (χ4v) is 3.02. The molecule has 0 heterocycles. The zero-order valence-electron chi connectivity index (χ0n) is 17.5. The molecule has 0 aliphatic carbocycles. The molecule has 0 aromatic heterocycles. The van der Waals surface area contributed by atoms with Gasteiger partial charge in [-0.25, -0.2) is 0 Å².